The van der Waals surface area contributed by atoms with Crippen LogP contribution in [-0.4, -0.2) is 17.6 Å². The molecule has 5 nitrogen and oxygen atoms in total. The van der Waals surface area contributed by atoms with Gasteiger partial charge in [-0.15, -0.1) is 0 Å². The molecule has 0 radical (unpaired) electrons. The van der Waals surface area contributed by atoms with Crippen LogP contribution in [-0.2, 0) is 15.1 Å². The van der Waals surface area contributed by atoms with E-state index >= 15 is 0 Å². The average Bonchev–Trinajstić information content (AvgIpc) is 2.89. The minimum atomic E-state index is -0.874. The Morgan fingerprint density at radius 2 is 2.00 bits per heavy atom. The van der Waals surface area contributed by atoms with E-state index in [1.165, 1.54) is 0 Å². The number of ether oxygens (including phenoxy) is 1. The number of hydrogen-bond donors (Lipinski definition) is 1. The number of amides is 1. The Morgan fingerprint density at radius 3 is 2.67 bits per heavy atom. The van der Waals surface area contributed by atoms with Crippen LogP contribution in [0.15, 0.2) is 23.2 Å². The van der Waals surface area contributed by atoms with Crippen LogP contribution in [0, 0.1) is 0 Å². The van der Waals surface area contributed by atoms with Crippen molar-refractivity contribution in [3.63, 3.8) is 0 Å². The highest BCUT2D eigenvalue weighted by Gasteiger charge is 2.39. The lowest BCUT2D eigenvalue weighted by Gasteiger charge is -2.33. The molecule has 0 atom stereocenters. The number of rotatable bonds is 2. The van der Waals surface area contributed by atoms with Gasteiger partial charge in [-0.25, -0.2) is 4.79 Å². The maximum absolute atomic E-state index is 12.0. The molecule has 1 aliphatic carbocycles. The van der Waals surface area contributed by atoms with Gasteiger partial charge in [-0.1, -0.05) is 18.9 Å². The number of nitrogens with one attached hydrogen (secondary N) is 1. The van der Waals surface area contributed by atoms with Crippen LogP contribution in [0.25, 0.3) is 0 Å². The maximum Gasteiger partial charge on any atom is 0.268 e. The van der Waals surface area contributed by atoms with E-state index in [2.05, 4.69) is 10.3 Å². The van der Waals surface area contributed by atoms with Gasteiger partial charge in [0.25, 0.3) is 5.91 Å². The minimum absolute atomic E-state index is 0.175. The molecule has 5 heteroatoms. The molecule has 1 aromatic carbocycles. The number of benzene rings is 1. The van der Waals surface area contributed by atoms with Gasteiger partial charge in [-0.2, -0.15) is 4.99 Å². The molecule has 1 N–H and O–H groups in total. The highest BCUT2D eigenvalue weighted by Crippen LogP contribution is 2.45. The van der Waals surface area contributed by atoms with Crippen LogP contribution in [0.5, 0.6) is 5.75 Å². The van der Waals surface area contributed by atoms with Crippen molar-refractivity contribution in [2.45, 2.75) is 50.7 Å². The summed E-state index contributed by atoms with van der Waals surface area (Å²) in [6, 6.07) is 5.64. The van der Waals surface area contributed by atoms with Gasteiger partial charge in [0.2, 0.25) is 6.08 Å². The molecular formula is C16H18N2O3. The standard InChI is InChI=1S/C16H18N2O3/c1-15(2)14(20)18-12-9-11(5-6-13(12)21-15)16(17-10-19)7-3-4-8-16/h5-6,9H,3-4,7-8H2,1-2H3,(H,18,20). The lowest BCUT2D eigenvalue weighted by atomic mass is 9.88. The van der Waals surface area contributed by atoms with Crippen molar-refractivity contribution >= 4 is 17.7 Å². The van der Waals surface area contributed by atoms with E-state index in [0.717, 1.165) is 31.2 Å². The first-order chi connectivity index (χ1) is 9.97. The van der Waals surface area contributed by atoms with E-state index in [0.29, 0.717) is 11.4 Å². The highest BCUT2D eigenvalue weighted by molar-refractivity contribution is 6.00. The van der Waals surface area contributed by atoms with E-state index in [4.69, 9.17) is 4.74 Å². The van der Waals surface area contributed by atoms with Gasteiger partial charge in [0.15, 0.2) is 5.60 Å². The average molecular weight is 286 g/mol. The largest absolute Gasteiger partial charge is 0.476 e. The lowest BCUT2D eigenvalue weighted by Crippen LogP contribution is -2.45. The number of hydrogen-bond acceptors (Lipinski definition) is 4. The van der Waals surface area contributed by atoms with Crippen molar-refractivity contribution < 1.29 is 14.3 Å². The van der Waals surface area contributed by atoms with Crippen LogP contribution < -0.4 is 10.1 Å². The second-order valence-electron chi connectivity index (χ2n) is 6.22. The Bertz CT molecular complexity index is 639. The molecule has 1 heterocycles. The summed E-state index contributed by atoms with van der Waals surface area (Å²) >= 11 is 0. The van der Waals surface area contributed by atoms with Gasteiger partial charge in [0, 0.05) is 0 Å². The third kappa shape index (κ3) is 2.24. The van der Waals surface area contributed by atoms with Gasteiger partial charge in [0.1, 0.15) is 5.75 Å². The first kappa shape index (κ1) is 13.8. The zero-order valence-corrected chi connectivity index (χ0v) is 12.2. The number of anilines is 1. The molecule has 1 aromatic rings. The van der Waals surface area contributed by atoms with Gasteiger partial charge in [0.05, 0.1) is 11.2 Å². The lowest BCUT2D eigenvalue weighted by molar-refractivity contribution is -0.129. The normalized spacial score (nSPS) is 21.7. The number of isocyanates is 1. The molecule has 110 valence electrons. The van der Waals surface area contributed by atoms with E-state index in [1.54, 1.807) is 19.9 Å². The first-order valence-electron chi connectivity index (χ1n) is 7.21. The van der Waals surface area contributed by atoms with Crippen LogP contribution >= 0.6 is 0 Å². The number of carbonyl (C=O) groups excluding carboxylic acids is 2. The second-order valence-corrected chi connectivity index (χ2v) is 6.22. The summed E-state index contributed by atoms with van der Waals surface area (Å²) < 4.78 is 5.72. The predicted molar refractivity (Wildman–Crippen MR) is 78.0 cm³/mol. The zero-order chi connectivity index (χ0) is 15.1. The number of fused-ring (bicyclic) bond motifs is 1. The minimum Gasteiger partial charge on any atom is -0.476 e. The van der Waals surface area contributed by atoms with E-state index in [-0.39, 0.29) is 5.91 Å². The first-order valence-corrected chi connectivity index (χ1v) is 7.21. The Labute approximate surface area is 123 Å². The van der Waals surface area contributed by atoms with Crippen molar-refractivity contribution in [3.8, 4) is 5.75 Å². The molecule has 1 amide bonds. The van der Waals surface area contributed by atoms with Crippen LogP contribution in [0.3, 0.4) is 0 Å². The van der Waals surface area contributed by atoms with E-state index in [9.17, 15) is 9.59 Å². The van der Waals surface area contributed by atoms with Gasteiger partial charge >= 0.3 is 0 Å². The molecule has 0 bridgehead atoms. The number of carbonyl (C=O) groups is 1. The molecule has 21 heavy (non-hydrogen) atoms. The van der Waals surface area contributed by atoms with Crippen LogP contribution in [0.2, 0.25) is 0 Å². The fraction of sp³-hybridized carbons (Fsp3) is 0.500. The number of aliphatic imine (C=N–C) groups is 1. The summed E-state index contributed by atoms with van der Waals surface area (Å²) in [5, 5.41) is 2.87. The van der Waals surface area contributed by atoms with Gasteiger partial charge < -0.3 is 10.1 Å². The molecule has 3 rings (SSSR count). The summed E-state index contributed by atoms with van der Waals surface area (Å²) in [5.41, 5.74) is 0.213. The third-order valence-corrected chi connectivity index (χ3v) is 4.37. The van der Waals surface area contributed by atoms with Crippen molar-refractivity contribution in [1.29, 1.82) is 0 Å². The summed E-state index contributed by atoms with van der Waals surface area (Å²) in [6.45, 7) is 3.46. The van der Waals surface area contributed by atoms with Crippen molar-refractivity contribution in [2.75, 3.05) is 5.32 Å². The van der Waals surface area contributed by atoms with Crippen molar-refractivity contribution in [2.24, 2.45) is 4.99 Å². The molecule has 0 spiro atoms. The smallest absolute Gasteiger partial charge is 0.268 e. The highest BCUT2D eigenvalue weighted by atomic mass is 16.5. The molecule has 1 aliphatic heterocycles. The molecular weight excluding hydrogens is 268 g/mol. The fourth-order valence-corrected chi connectivity index (χ4v) is 3.11. The number of nitrogens with zero attached hydrogens (tertiary/aromatic N) is 1. The molecule has 0 aromatic heterocycles. The topological polar surface area (TPSA) is 67.8 Å². The molecule has 1 fully saturated rings. The molecule has 0 unspecified atom stereocenters. The van der Waals surface area contributed by atoms with Crippen molar-refractivity contribution in [3.05, 3.63) is 23.8 Å². The summed E-state index contributed by atoms with van der Waals surface area (Å²) in [5.74, 6) is 0.470. The quantitative estimate of drug-likeness (QED) is 0.671. The second kappa shape index (κ2) is 4.71. The van der Waals surface area contributed by atoms with E-state index < -0.39 is 11.1 Å². The summed E-state index contributed by atoms with van der Waals surface area (Å²) in [4.78, 5) is 26.8. The molecule has 2 aliphatic rings. The Balaban J connectivity index is 2.02. The van der Waals surface area contributed by atoms with Crippen LogP contribution in [0.4, 0.5) is 5.69 Å². The van der Waals surface area contributed by atoms with Gasteiger partial charge in [-0.05, 0) is 44.4 Å². The Morgan fingerprint density at radius 1 is 1.29 bits per heavy atom. The molecule has 0 saturated heterocycles. The Hall–Kier alpha value is -2.13. The molecule has 1 saturated carbocycles. The monoisotopic (exact) mass is 286 g/mol. The van der Waals surface area contributed by atoms with Crippen molar-refractivity contribution in [1.82, 2.24) is 0 Å². The van der Waals surface area contributed by atoms with E-state index in [1.807, 2.05) is 18.2 Å². The van der Waals surface area contributed by atoms with Crippen LogP contribution in [0.1, 0.15) is 45.1 Å². The summed E-state index contributed by atoms with van der Waals surface area (Å²) in [6.07, 6.45) is 5.46. The maximum atomic E-state index is 12.0. The van der Waals surface area contributed by atoms with Gasteiger partial charge in [-0.3, -0.25) is 4.79 Å². The fourth-order valence-electron chi connectivity index (χ4n) is 3.11. The zero-order valence-electron chi connectivity index (χ0n) is 12.2. The Kier molecular flexibility index (Phi) is 3.10. The summed E-state index contributed by atoms with van der Waals surface area (Å²) in [7, 11) is 0. The predicted octanol–water partition coefficient (Wildman–Crippen LogP) is 2.90. The SMILES string of the molecule is CC1(C)Oc2ccc(C3(N=C=O)CCCC3)cc2NC1=O. The third-order valence-electron chi connectivity index (χ3n) is 4.37.